The summed E-state index contributed by atoms with van der Waals surface area (Å²) in [5.74, 6) is 0. The number of benzene rings is 1. The number of aromatic nitrogens is 3. The van der Waals surface area contributed by atoms with E-state index in [9.17, 15) is 0 Å². The van der Waals surface area contributed by atoms with Crippen molar-refractivity contribution in [2.75, 3.05) is 26.5 Å². The van der Waals surface area contributed by atoms with Gasteiger partial charge in [-0.2, -0.15) is 0 Å². The van der Waals surface area contributed by atoms with Crippen LogP contribution in [-0.4, -0.2) is 46.0 Å². The number of rotatable bonds is 6. The predicted octanol–water partition coefficient (Wildman–Crippen LogP) is 3.36. The molecule has 0 saturated carbocycles. The fourth-order valence-electron chi connectivity index (χ4n) is 3.65. The SMILES string of the molecule is COCCn1cc(CN2CCc3nc(SC)ncc3C2)c2ccccc21. The number of hydrogen-bond acceptors (Lipinski definition) is 5. The van der Waals surface area contributed by atoms with E-state index in [4.69, 9.17) is 4.74 Å². The van der Waals surface area contributed by atoms with E-state index in [1.54, 1.807) is 18.9 Å². The zero-order valence-corrected chi connectivity index (χ0v) is 16.1. The zero-order valence-electron chi connectivity index (χ0n) is 15.3. The Morgan fingerprint density at radius 3 is 3.00 bits per heavy atom. The monoisotopic (exact) mass is 368 g/mol. The molecule has 0 saturated heterocycles. The second kappa shape index (κ2) is 7.78. The second-order valence-electron chi connectivity index (χ2n) is 6.65. The molecule has 5 nitrogen and oxygen atoms in total. The van der Waals surface area contributed by atoms with Crippen LogP contribution in [-0.2, 0) is 30.8 Å². The van der Waals surface area contributed by atoms with Crippen LogP contribution >= 0.6 is 11.8 Å². The van der Waals surface area contributed by atoms with Gasteiger partial charge in [0, 0.05) is 68.6 Å². The summed E-state index contributed by atoms with van der Waals surface area (Å²) in [6.07, 6.45) is 7.30. The van der Waals surface area contributed by atoms with Crippen molar-refractivity contribution in [3.63, 3.8) is 0 Å². The van der Waals surface area contributed by atoms with Crippen molar-refractivity contribution in [3.05, 3.63) is 53.5 Å². The van der Waals surface area contributed by atoms with Gasteiger partial charge in [0.1, 0.15) is 0 Å². The van der Waals surface area contributed by atoms with E-state index in [0.717, 1.165) is 44.4 Å². The Morgan fingerprint density at radius 2 is 2.15 bits per heavy atom. The Labute approximate surface area is 158 Å². The van der Waals surface area contributed by atoms with Crippen LogP contribution in [0.15, 0.2) is 41.8 Å². The molecule has 0 unspecified atom stereocenters. The highest BCUT2D eigenvalue weighted by atomic mass is 32.2. The Bertz CT molecular complexity index is 908. The summed E-state index contributed by atoms with van der Waals surface area (Å²) in [6, 6.07) is 8.64. The van der Waals surface area contributed by atoms with Crippen molar-refractivity contribution in [2.45, 2.75) is 31.2 Å². The first kappa shape index (κ1) is 17.5. The van der Waals surface area contributed by atoms with Gasteiger partial charge in [0.25, 0.3) is 0 Å². The van der Waals surface area contributed by atoms with E-state index < -0.39 is 0 Å². The largest absolute Gasteiger partial charge is 0.383 e. The van der Waals surface area contributed by atoms with Crippen molar-refractivity contribution >= 4 is 22.7 Å². The standard InChI is InChI=1S/C20H24N4OS/c1-25-10-9-24-14-16(17-5-3-4-6-19(17)24)13-23-8-7-18-15(12-23)11-21-20(22-18)26-2/h3-6,11,14H,7-10,12-13H2,1-2H3. The van der Waals surface area contributed by atoms with Crippen molar-refractivity contribution in [2.24, 2.45) is 0 Å². The fraction of sp³-hybridized carbons (Fsp3) is 0.400. The minimum Gasteiger partial charge on any atom is -0.383 e. The summed E-state index contributed by atoms with van der Waals surface area (Å²) in [5, 5.41) is 2.21. The maximum absolute atomic E-state index is 5.26. The number of para-hydroxylation sites is 1. The summed E-state index contributed by atoms with van der Waals surface area (Å²) in [5.41, 5.74) is 5.13. The lowest BCUT2D eigenvalue weighted by molar-refractivity contribution is 0.188. The van der Waals surface area contributed by atoms with Crippen molar-refractivity contribution in [1.29, 1.82) is 0 Å². The maximum atomic E-state index is 5.26. The van der Waals surface area contributed by atoms with Crippen molar-refractivity contribution in [3.8, 4) is 0 Å². The average molecular weight is 369 g/mol. The highest BCUT2D eigenvalue weighted by Gasteiger charge is 2.20. The van der Waals surface area contributed by atoms with E-state index in [0.29, 0.717) is 0 Å². The van der Waals surface area contributed by atoms with E-state index in [2.05, 4.69) is 49.9 Å². The molecule has 3 heterocycles. The number of methoxy groups -OCH3 is 1. The number of thioether (sulfide) groups is 1. The highest BCUT2D eigenvalue weighted by molar-refractivity contribution is 7.98. The number of fused-ring (bicyclic) bond motifs is 2. The van der Waals surface area contributed by atoms with Gasteiger partial charge in [-0.3, -0.25) is 4.90 Å². The van der Waals surface area contributed by atoms with Gasteiger partial charge in [-0.15, -0.1) is 0 Å². The van der Waals surface area contributed by atoms with Gasteiger partial charge in [-0.05, 0) is 17.9 Å². The lowest BCUT2D eigenvalue weighted by atomic mass is 10.1. The van der Waals surface area contributed by atoms with E-state index in [-0.39, 0.29) is 0 Å². The predicted molar refractivity (Wildman–Crippen MR) is 105 cm³/mol. The van der Waals surface area contributed by atoms with Crippen LogP contribution < -0.4 is 0 Å². The van der Waals surface area contributed by atoms with Crippen LogP contribution in [0.5, 0.6) is 0 Å². The molecule has 0 fully saturated rings. The lowest BCUT2D eigenvalue weighted by Crippen LogP contribution is -2.30. The van der Waals surface area contributed by atoms with Gasteiger partial charge >= 0.3 is 0 Å². The van der Waals surface area contributed by atoms with E-state index >= 15 is 0 Å². The minimum absolute atomic E-state index is 0.727. The molecule has 0 spiro atoms. The molecular formula is C20H24N4OS. The average Bonchev–Trinajstić information content (AvgIpc) is 3.03. The lowest BCUT2D eigenvalue weighted by Gasteiger charge is -2.27. The van der Waals surface area contributed by atoms with Crippen LogP contribution in [0.2, 0.25) is 0 Å². The number of nitrogens with zero attached hydrogens (tertiary/aromatic N) is 4. The van der Waals surface area contributed by atoms with Crippen molar-refractivity contribution < 1.29 is 4.74 Å². The molecule has 0 amide bonds. The molecule has 0 N–H and O–H groups in total. The third-order valence-corrected chi connectivity index (χ3v) is 5.54. The Hall–Kier alpha value is -1.89. The normalized spacial score (nSPS) is 14.7. The van der Waals surface area contributed by atoms with Gasteiger partial charge in [0.05, 0.1) is 12.3 Å². The van der Waals surface area contributed by atoms with Gasteiger partial charge in [-0.1, -0.05) is 30.0 Å². The first-order valence-corrected chi connectivity index (χ1v) is 10.2. The van der Waals surface area contributed by atoms with Gasteiger partial charge in [0.15, 0.2) is 5.16 Å². The molecule has 1 aromatic carbocycles. The Balaban J connectivity index is 1.56. The van der Waals surface area contributed by atoms with Crippen LogP contribution in [0.4, 0.5) is 0 Å². The molecule has 3 aromatic rings. The molecule has 0 aliphatic carbocycles. The van der Waals surface area contributed by atoms with Crippen LogP contribution in [0.3, 0.4) is 0 Å². The first-order chi connectivity index (χ1) is 12.8. The molecule has 6 heteroatoms. The molecule has 2 aromatic heterocycles. The highest BCUT2D eigenvalue weighted by Crippen LogP contribution is 2.25. The summed E-state index contributed by atoms with van der Waals surface area (Å²) < 4.78 is 7.57. The van der Waals surface area contributed by atoms with E-state index in [1.165, 1.54) is 27.7 Å². The Morgan fingerprint density at radius 1 is 1.27 bits per heavy atom. The Kier molecular flexibility index (Phi) is 5.24. The zero-order chi connectivity index (χ0) is 17.9. The quantitative estimate of drug-likeness (QED) is 0.493. The maximum Gasteiger partial charge on any atom is 0.187 e. The summed E-state index contributed by atoms with van der Waals surface area (Å²) >= 11 is 1.61. The molecule has 136 valence electrons. The topological polar surface area (TPSA) is 43.2 Å². The van der Waals surface area contributed by atoms with Gasteiger partial charge in [-0.25, -0.2) is 9.97 Å². The summed E-state index contributed by atoms with van der Waals surface area (Å²) in [4.78, 5) is 11.6. The molecule has 0 radical (unpaired) electrons. The van der Waals surface area contributed by atoms with Crippen molar-refractivity contribution in [1.82, 2.24) is 19.4 Å². The van der Waals surface area contributed by atoms with Crippen LogP contribution in [0.1, 0.15) is 16.8 Å². The first-order valence-electron chi connectivity index (χ1n) is 8.95. The van der Waals surface area contributed by atoms with Crippen LogP contribution in [0.25, 0.3) is 10.9 Å². The third-order valence-electron chi connectivity index (χ3n) is 4.97. The third kappa shape index (κ3) is 3.49. The van der Waals surface area contributed by atoms with E-state index in [1.807, 2.05) is 12.5 Å². The minimum atomic E-state index is 0.727. The molecule has 0 atom stereocenters. The molecule has 0 bridgehead atoms. The van der Waals surface area contributed by atoms with Gasteiger partial charge in [0.2, 0.25) is 0 Å². The summed E-state index contributed by atoms with van der Waals surface area (Å²) in [7, 11) is 1.75. The molecule has 4 rings (SSSR count). The summed E-state index contributed by atoms with van der Waals surface area (Å²) in [6.45, 7) is 4.51. The molecule has 1 aliphatic heterocycles. The number of ether oxygens (including phenoxy) is 1. The van der Waals surface area contributed by atoms with Crippen LogP contribution in [0, 0.1) is 0 Å². The van der Waals surface area contributed by atoms with Gasteiger partial charge < -0.3 is 9.30 Å². The molecule has 1 aliphatic rings. The molecular weight excluding hydrogens is 344 g/mol. The molecule has 26 heavy (non-hydrogen) atoms. The second-order valence-corrected chi connectivity index (χ2v) is 7.42. The number of hydrogen-bond donors (Lipinski definition) is 0. The smallest absolute Gasteiger partial charge is 0.187 e. The fourth-order valence-corrected chi connectivity index (χ4v) is 4.01.